The monoisotopic (exact) mass is 303 g/mol. The Balaban J connectivity index is 2.17. The first-order chi connectivity index (χ1) is 11.1. The van der Waals surface area contributed by atoms with Gasteiger partial charge in [-0.3, -0.25) is 0 Å². The van der Waals surface area contributed by atoms with Crippen molar-refractivity contribution in [1.82, 2.24) is 4.98 Å². The summed E-state index contributed by atoms with van der Waals surface area (Å²) in [7, 11) is 0. The fourth-order valence-electron chi connectivity index (χ4n) is 3.72. The molecule has 1 aromatic heterocycles. The van der Waals surface area contributed by atoms with Crippen LogP contribution in [0.5, 0.6) is 5.88 Å². The summed E-state index contributed by atoms with van der Waals surface area (Å²) in [4.78, 5) is 4.88. The van der Waals surface area contributed by atoms with Crippen LogP contribution in [0.1, 0.15) is 34.9 Å². The number of hydrogen-bond donors (Lipinski definition) is 0. The van der Waals surface area contributed by atoms with Crippen LogP contribution in [-0.4, -0.2) is 11.6 Å². The summed E-state index contributed by atoms with van der Waals surface area (Å²) in [5.41, 5.74) is 9.14. The molecular formula is C21H21NO. The molecule has 0 spiro atoms. The highest BCUT2D eigenvalue weighted by Crippen LogP contribution is 2.45. The van der Waals surface area contributed by atoms with Crippen LogP contribution in [0.2, 0.25) is 0 Å². The van der Waals surface area contributed by atoms with Crippen LogP contribution in [-0.2, 0) is 6.42 Å². The number of pyridine rings is 1. The summed E-state index contributed by atoms with van der Waals surface area (Å²) < 4.78 is 5.88. The van der Waals surface area contributed by atoms with Crippen molar-refractivity contribution in [2.24, 2.45) is 0 Å². The third-order valence-corrected chi connectivity index (χ3v) is 5.09. The third-order valence-electron chi connectivity index (χ3n) is 5.09. The molecule has 1 heterocycles. The highest BCUT2D eigenvalue weighted by atomic mass is 16.5. The lowest BCUT2D eigenvalue weighted by Gasteiger charge is -2.16. The summed E-state index contributed by atoms with van der Waals surface area (Å²) >= 11 is 0. The predicted molar refractivity (Wildman–Crippen MR) is 95.4 cm³/mol. The van der Waals surface area contributed by atoms with E-state index in [1.165, 1.54) is 38.8 Å². The first-order valence-corrected chi connectivity index (χ1v) is 8.26. The van der Waals surface area contributed by atoms with Crippen molar-refractivity contribution < 1.29 is 4.74 Å². The average Bonchev–Trinajstić information content (AvgIpc) is 2.91. The first kappa shape index (κ1) is 14.3. The minimum Gasteiger partial charge on any atom is -0.478 e. The van der Waals surface area contributed by atoms with Crippen LogP contribution in [0.3, 0.4) is 0 Å². The molecule has 0 atom stereocenters. The molecule has 0 saturated heterocycles. The van der Waals surface area contributed by atoms with E-state index in [-0.39, 0.29) is 0 Å². The Morgan fingerprint density at radius 2 is 1.87 bits per heavy atom. The van der Waals surface area contributed by atoms with Crippen molar-refractivity contribution in [2.75, 3.05) is 6.61 Å². The summed E-state index contributed by atoms with van der Waals surface area (Å²) in [6.07, 6.45) is 0.897. The maximum absolute atomic E-state index is 5.88. The Morgan fingerprint density at radius 3 is 2.65 bits per heavy atom. The van der Waals surface area contributed by atoms with Crippen molar-refractivity contribution in [3.63, 3.8) is 0 Å². The zero-order valence-corrected chi connectivity index (χ0v) is 14.2. The van der Waals surface area contributed by atoms with Gasteiger partial charge in [-0.2, -0.15) is 0 Å². The molecule has 0 fully saturated rings. The average molecular weight is 303 g/mol. The van der Waals surface area contributed by atoms with Crippen LogP contribution in [0.25, 0.3) is 21.9 Å². The number of fused-ring (bicyclic) bond motifs is 5. The molecule has 0 bridgehead atoms. The van der Waals surface area contributed by atoms with Gasteiger partial charge in [0.05, 0.1) is 12.3 Å². The molecule has 0 saturated carbocycles. The molecule has 0 N–H and O–H groups in total. The number of ether oxygens (including phenoxy) is 1. The van der Waals surface area contributed by atoms with Gasteiger partial charge in [-0.1, -0.05) is 24.3 Å². The lowest BCUT2D eigenvalue weighted by Crippen LogP contribution is -2.01. The fraction of sp³-hybridized carbons (Fsp3) is 0.286. The quantitative estimate of drug-likeness (QED) is 0.512. The van der Waals surface area contributed by atoms with Gasteiger partial charge >= 0.3 is 0 Å². The second-order valence-corrected chi connectivity index (χ2v) is 6.37. The molecule has 0 aliphatic heterocycles. The van der Waals surface area contributed by atoms with Crippen molar-refractivity contribution >= 4 is 10.8 Å². The second-order valence-electron chi connectivity index (χ2n) is 6.37. The Kier molecular flexibility index (Phi) is 3.15. The van der Waals surface area contributed by atoms with Crippen molar-refractivity contribution in [3.05, 3.63) is 58.3 Å². The van der Waals surface area contributed by atoms with Gasteiger partial charge in [0.25, 0.3) is 0 Å². The van der Waals surface area contributed by atoms with Crippen molar-refractivity contribution in [1.29, 1.82) is 0 Å². The molecule has 1 aliphatic carbocycles. The molecule has 1 aliphatic rings. The van der Waals surface area contributed by atoms with Gasteiger partial charge in [0.1, 0.15) is 0 Å². The van der Waals surface area contributed by atoms with Crippen LogP contribution in [0, 0.1) is 20.8 Å². The number of benzene rings is 2. The Labute approximate surface area is 137 Å². The van der Waals surface area contributed by atoms with E-state index in [0.717, 1.165) is 23.4 Å². The van der Waals surface area contributed by atoms with E-state index in [1.54, 1.807) is 0 Å². The molecule has 0 amide bonds. The molecule has 4 rings (SSSR count). The summed E-state index contributed by atoms with van der Waals surface area (Å²) in [5.74, 6) is 0.778. The van der Waals surface area contributed by atoms with Gasteiger partial charge in [-0.25, -0.2) is 4.98 Å². The SMILES string of the molecule is CCOc1nc2c(c3c(C)c(C)c(C)cc13)-c1ccccc1C2. The fourth-order valence-corrected chi connectivity index (χ4v) is 3.72. The highest BCUT2D eigenvalue weighted by Gasteiger charge is 2.25. The summed E-state index contributed by atoms with van der Waals surface area (Å²) in [6.45, 7) is 9.25. The molecule has 23 heavy (non-hydrogen) atoms. The molecule has 0 unspecified atom stereocenters. The van der Waals surface area contributed by atoms with Crippen LogP contribution in [0.4, 0.5) is 0 Å². The van der Waals surface area contributed by atoms with Crippen molar-refractivity contribution in [3.8, 4) is 17.0 Å². The van der Waals surface area contributed by atoms with Gasteiger partial charge in [0, 0.05) is 17.4 Å². The molecule has 2 nitrogen and oxygen atoms in total. The minimum atomic E-state index is 0.639. The van der Waals surface area contributed by atoms with Gasteiger partial charge in [-0.05, 0) is 67.0 Å². The van der Waals surface area contributed by atoms with Crippen LogP contribution < -0.4 is 4.74 Å². The van der Waals surface area contributed by atoms with E-state index in [1.807, 2.05) is 6.92 Å². The van der Waals surface area contributed by atoms with Gasteiger partial charge in [0.2, 0.25) is 5.88 Å². The smallest absolute Gasteiger partial charge is 0.221 e. The van der Waals surface area contributed by atoms with Crippen molar-refractivity contribution in [2.45, 2.75) is 34.1 Å². The number of hydrogen-bond acceptors (Lipinski definition) is 2. The van der Waals surface area contributed by atoms with Gasteiger partial charge in [-0.15, -0.1) is 0 Å². The van der Waals surface area contributed by atoms with E-state index >= 15 is 0 Å². The molecule has 116 valence electrons. The number of nitrogens with zero attached hydrogens (tertiary/aromatic N) is 1. The zero-order valence-electron chi connectivity index (χ0n) is 14.2. The minimum absolute atomic E-state index is 0.639. The Bertz CT molecular complexity index is 940. The Hall–Kier alpha value is -2.35. The lowest BCUT2D eigenvalue weighted by atomic mass is 9.92. The molecule has 2 heteroatoms. The second kappa shape index (κ2) is 5.09. The largest absolute Gasteiger partial charge is 0.478 e. The van der Waals surface area contributed by atoms with E-state index < -0.39 is 0 Å². The van der Waals surface area contributed by atoms with E-state index in [9.17, 15) is 0 Å². The highest BCUT2D eigenvalue weighted by molar-refractivity contribution is 6.05. The number of aromatic nitrogens is 1. The molecule has 3 aromatic rings. The molecular weight excluding hydrogens is 282 g/mol. The summed E-state index contributed by atoms with van der Waals surface area (Å²) in [5, 5.41) is 2.45. The lowest BCUT2D eigenvalue weighted by molar-refractivity contribution is 0.330. The van der Waals surface area contributed by atoms with Crippen LogP contribution >= 0.6 is 0 Å². The van der Waals surface area contributed by atoms with Crippen LogP contribution in [0.15, 0.2) is 30.3 Å². The van der Waals surface area contributed by atoms with E-state index in [4.69, 9.17) is 9.72 Å². The maximum atomic E-state index is 5.88. The number of rotatable bonds is 2. The molecule has 0 radical (unpaired) electrons. The van der Waals surface area contributed by atoms with Gasteiger partial charge < -0.3 is 4.74 Å². The number of aryl methyl sites for hydroxylation is 2. The zero-order chi connectivity index (χ0) is 16.1. The first-order valence-electron chi connectivity index (χ1n) is 8.26. The standard InChI is InChI=1S/C21H21NO/c1-5-23-21-17-10-12(2)13(3)14(4)19(17)20-16-9-7-6-8-15(16)11-18(20)22-21/h6-10H,5,11H2,1-4H3. The van der Waals surface area contributed by atoms with E-state index in [2.05, 4.69) is 51.1 Å². The van der Waals surface area contributed by atoms with E-state index in [0.29, 0.717) is 6.61 Å². The Morgan fingerprint density at radius 1 is 1.09 bits per heavy atom. The normalized spacial score (nSPS) is 12.3. The molecule has 2 aromatic carbocycles. The van der Waals surface area contributed by atoms with Gasteiger partial charge in [0.15, 0.2) is 0 Å². The predicted octanol–water partition coefficient (Wildman–Crippen LogP) is 5.13. The summed E-state index contributed by atoms with van der Waals surface area (Å²) in [6, 6.07) is 10.9. The topological polar surface area (TPSA) is 22.1 Å². The third kappa shape index (κ3) is 1.98. The maximum Gasteiger partial charge on any atom is 0.221 e.